The molecule has 1 amide bonds. The topological polar surface area (TPSA) is 61.4 Å². The van der Waals surface area contributed by atoms with Gasteiger partial charge in [-0.05, 0) is 36.6 Å². The van der Waals surface area contributed by atoms with Gasteiger partial charge in [0.25, 0.3) is 0 Å². The van der Waals surface area contributed by atoms with Crippen LogP contribution in [0.2, 0.25) is 0 Å². The molecule has 0 aromatic heterocycles. The highest BCUT2D eigenvalue weighted by atomic mass is 79.9. The van der Waals surface area contributed by atoms with Crippen molar-refractivity contribution in [3.8, 4) is 0 Å². The summed E-state index contributed by atoms with van der Waals surface area (Å²) in [7, 11) is 0. The van der Waals surface area contributed by atoms with Crippen molar-refractivity contribution in [2.45, 2.75) is 26.8 Å². The van der Waals surface area contributed by atoms with Crippen LogP contribution in [0.3, 0.4) is 0 Å². The second kappa shape index (κ2) is 7.62. The third-order valence-corrected chi connectivity index (χ3v) is 3.86. The van der Waals surface area contributed by atoms with E-state index >= 15 is 0 Å². The van der Waals surface area contributed by atoms with Gasteiger partial charge in [0.05, 0.1) is 13.2 Å². The number of aryl methyl sites for hydroxylation is 1. The first kappa shape index (κ1) is 16.1. The summed E-state index contributed by atoms with van der Waals surface area (Å²) in [5.74, 6) is 0.175. The number of hydrogen-bond acceptors (Lipinski definition) is 3. The van der Waals surface area contributed by atoms with Gasteiger partial charge in [-0.1, -0.05) is 29.8 Å². The van der Waals surface area contributed by atoms with Crippen molar-refractivity contribution in [1.29, 1.82) is 0 Å². The molecule has 0 aliphatic carbocycles. The van der Waals surface area contributed by atoms with Crippen molar-refractivity contribution in [3.63, 3.8) is 0 Å². The fraction of sp³-hybridized carbons (Fsp3) is 0.500. The molecule has 0 unspecified atom stereocenters. The molecule has 1 aromatic carbocycles. The number of benzene rings is 1. The van der Waals surface area contributed by atoms with Gasteiger partial charge in [0.2, 0.25) is 5.91 Å². The summed E-state index contributed by atoms with van der Waals surface area (Å²) < 4.78 is 1.02. The molecule has 1 aromatic rings. The van der Waals surface area contributed by atoms with Crippen LogP contribution in [0.15, 0.2) is 22.7 Å². The van der Waals surface area contributed by atoms with E-state index in [4.69, 9.17) is 5.11 Å². The first-order chi connectivity index (χ1) is 8.93. The van der Waals surface area contributed by atoms with Crippen LogP contribution in [0.1, 0.15) is 19.4 Å². The third kappa shape index (κ3) is 5.30. The molecular weight excluding hydrogens is 308 g/mol. The summed E-state index contributed by atoms with van der Waals surface area (Å²) in [6.07, 6.45) is 0. The van der Waals surface area contributed by atoms with Crippen LogP contribution in [-0.2, 0) is 4.79 Å². The average Bonchev–Trinajstić information content (AvgIpc) is 2.34. The van der Waals surface area contributed by atoms with Gasteiger partial charge in [0.15, 0.2) is 0 Å². The van der Waals surface area contributed by atoms with Gasteiger partial charge in [-0.25, -0.2) is 0 Å². The van der Waals surface area contributed by atoms with Gasteiger partial charge >= 0.3 is 0 Å². The SMILES string of the molecule is Cc1cc(NC(=O)CN[C@H](CO)C(C)C)ccc1Br. The minimum atomic E-state index is -0.110. The van der Waals surface area contributed by atoms with Gasteiger partial charge in [0, 0.05) is 16.2 Å². The van der Waals surface area contributed by atoms with E-state index in [9.17, 15) is 4.79 Å². The zero-order valence-electron chi connectivity index (χ0n) is 11.5. The highest BCUT2D eigenvalue weighted by Gasteiger charge is 2.13. The van der Waals surface area contributed by atoms with Gasteiger partial charge in [-0.15, -0.1) is 0 Å². The highest BCUT2D eigenvalue weighted by molar-refractivity contribution is 9.10. The first-order valence-corrected chi connectivity index (χ1v) is 7.13. The lowest BCUT2D eigenvalue weighted by atomic mass is 10.1. The molecule has 0 aliphatic heterocycles. The van der Waals surface area contributed by atoms with Crippen LogP contribution in [0.5, 0.6) is 0 Å². The summed E-state index contributed by atoms with van der Waals surface area (Å²) in [5.41, 5.74) is 1.85. The summed E-state index contributed by atoms with van der Waals surface area (Å²) in [6, 6.07) is 5.61. The highest BCUT2D eigenvalue weighted by Crippen LogP contribution is 2.19. The Hall–Kier alpha value is -0.910. The summed E-state index contributed by atoms with van der Waals surface area (Å²) in [4.78, 5) is 11.8. The maximum absolute atomic E-state index is 11.8. The Morgan fingerprint density at radius 3 is 2.63 bits per heavy atom. The largest absolute Gasteiger partial charge is 0.395 e. The van der Waals surface area contributed by atoms with Crippen molar-refractivity contribution in [1.82, 2.24) is 5.32 Å². The lowest BCUT2D eigenvalue weighted by molar-refractivity contribution is -0.115. The molecule has 0 aliphatic rings. The fourth-order valence-electron chi connectivity index (χ4n) is 1.66. The number of hydrogen-bond donors (Lipinski definition) is 3. The number of carbonyl (C=O) groups excluding carboxylic acids is 1. The number of halogens is 1. The van der Waals surface area contributed by atoms with Crippen LogP contribution < -0.4 is 10.6 Å². The first-order valence-electron chi connectivity index (χ1n) is 6.34. The lowest BCUT2D eigenvalue weighted by Crippen LogP contribution is -2.41. The summed E-state index contributed by atoms with van der Waals surface area (Å²) in [6.45, 7) is 6.20. The van der Waals surface area contributed by atoms with E-state index in [-0.39, 0.29) is 31.0 Å². The monoisotopic (exact) mass is 328 g/mol. The molecule has 0 saturated heterocycles. The predicted molar refractivity (Wildman–Crippen MR) is 81.2 cm³/mol. The molecule has 0 heterocycles. The molecule has 0 saturated carbocycles. The van der Waals surface area contributed by atoms with Crippen molar-refractivity contribution in [3.05, 3.63) is 28.2 Å². The molecule has 0 radical (unpaired) electrons. The van der Waals surface area contributed by atoms with E-state index in [1.807, 2.05) is 39.0 Å². The zero-order valence-corrected chi connectivity index (χ0v) is 13.1. The second-order valence-electron chi connectivity index (χ2n) is 4.93. The summed E-state index contributed by atoms with van der Waals surface area (Å²) in [5, 5.41) is 15.0. The van der Waals surface area contributed by atoms with E-state index in [0.29, 0.717) is 0 Å². The third-order valence-electron chi connectivity index (χ3n) is 2.97. The van der Waals surface area contributed by atoms with Crippen LogP contribution >= 0.6 is 15.9 Å². The van der Waals surface area contributed by atoms with Gasteiger partial charge in [0.1, 0.15) is 0 Å². The fourth-order valence-corrected chi connectivity index (χ4v) is 1.91. The number of aliphatic hydroxyl groups is 1. The Labute approximate surface area is 122 Å². The van der Waals surface area contributed by atoms with E-state index in [2.05, 4.69) is 26.6 Å². The van der Waals surface area contributed by atoms with E-state index in [0.717, 1.165) is 15.7 Å². The second-order valence-corrected chi connectivity index (χ2v) is 5.78. The minimum absolute atomic E-state index is 0.0301. The summed E-state index contributed by atoms with van der Waals surface area (Å²) >= 11 is 3.42. The number of aliphatic hydroxyl groups excluding tert-OH is 1. The normalized spacial score (nSPS) is 12.5. The van der Waals surface area contributed by atoms with Crippen LogP contribution in [-0.4, -0.2) is 30.2 Å². The Morgan fingerprint density at radius 2 is 2.11 bits per heavy atom. The molecule has 0 spiro atoms. The molecule has 3 N–H and O–H groups in total. The Morgan fingerprint density at radius 1 is 1.42 bits per heavy atom. The van der Waals surface area contributed by atoms with Crippen molar-refractivity contribution in [2.24, 2.45) is 5.92 Å². The van der Waals surface area contributed by atoms with Gasteiger partial charge in [-0.3, -0.25) is 4.79 Å². The zero-order chi connectivity index (χ0) is 14.4. The van der Waals surface area contributed by atoms with E-state index in [1.165, 1.54) is 0 Å². The smallest absolute Gasteiger partial charge is 0.238 e. The molecule has 0 bridgehead atoms. The van der Waals surface area contributed by atoms with Crippen LogP contribution in [0.4, 0.5) is 5.69 Å². The molecule has 4 nitrogen and oxygen atoms in total. The molecule has 19 heavy (non-hydrogen) atoms. The average molecular weight is 329 g/mol. The van der Waals surface area contributed by atoms with E-state index < -0.39 is 0 Å². The number of rotatable bonds is 6. The van der Waals surface area contributed by atoms with Crippen LogP contribution in [0.25, 0.3) is 0 Å². The van der Waals surface area contributed by atoms with Crippen molar-refractivity contribution >= 4 is 27.5 Å². The number of carbonyl (C=O) groups is 1. The predicted octanol–water partition coefficient (Wildman–Crippen LogP) is 2.30. The maximum atomic E-state index is 11.8. The van der Waals surface area contributed by atoms with Crippen molar-refractivity contribution in [2.75, 3.05) is 18.5 Å². The molecule has 1 atom stereocenters. The lowest BCUT2D eigenvalue weighted by Gasteiger charge is -2.19. The number of anilines is 1. The maximum Gasteiger partial charge on any atom is 0.238 e. The molecular formula is C14H21BrN2O2. The molecule has 0 fully saturated rings. The van der Waals surface area contributed by atoms with Crippen molar-refractivity contribution < 1.29 is 9.90 Å². The standard InChI is InChI=1S/C14H21BrN2O2/c1-9(2)13(8-18)16-7-14(19)17-11-4-5-12(15)10(3)6-11/h4-6,9,13,16,18H,7-8H2,1-3H3,(H,17,19)/t13-/m1/s1. The quantitative estimate of drug-likeness (QED) is 0.750. The van der Waals surface area contributed by atoms with E-state index in [1.54, 1.807) is 0 Å². The van der Waals surface area contributed by atoms with Gasteiger partial charge in [-0.2, -0.15) is 0 Å². The van der Waals surface area contributed by atoms with Crippen LogP contribution in [0, 0.1) is 12.8 Å². The number of amides is 1. The Balaban J connectivity index is 2.49. The Bertz CT molecular complexity index is 435. The molecule has 5 heteroatoms. The van der Waals surface area contributed by atoms with Gasteiger partial charge < -0.3 is 15.7 Å². The molecule has 106 valence electrons. The Kier molecular flexibility index (Phi) is 6.48. The number of nitrogens with one attached hydrogen (secondary N) is 2. The minimum Gasteiger partial charge on any atom is -0.395 e. The molecule has 1 rings (SSSR count).